The number of carbonyl (C=O) groups excluding carboxylic acids is 1. The summed E-state index contributed by atoms with van der Waals surface area (Å²) in [6.45, 7) is 2.07. The zero-order valence-electron chi connectivity index (χ0n) is 9.61. The number of aromatic nitrogens is 2. The van der Waals surface area contributed by atoms with Gasteiger partial charge in [0.1, 0.15) is 11.6 Å². The predicted molar refractivity (Wildman–Crippen MR) is 66.9 cm³/mol. The average Bonchev–Trinajstić information content (AvgIpc) is 2.74. The number of nitrogens with one attached hydrogen (secondary N) is 2. The summed E-state index contributed by atoms with van der Waals surface area (Å²) in [5.74, 6) is 0.321. The van der Waals surface area contributed by atoms with Crippen LogP contribution in [0.1, 0.15) is 11.4 Å². The molecule has 1 aromatic heterocycles. The van der Waals surface area contributed by atoms with Gasteiger partial charge < -0.3 is 5.32 Å². The molecule has 2 rings (SSSR count). The first-order chi connectivity index (χ1) is 8.63. The lowest BCUT2D eigenvalue weighted by molar-refractivity contribution is 0.251. The van der Waals surface area contributed by atoms with E-state index in [9.17, 15) is 9.18 Å². The molecule has 0 saturated carbocycles. The lowest BCUT2D eigenvalue weighted by atomic mass is 10.2. The van der Waals surface area contributed by atoms with Crippen LogP contribution in [0.5, 0.6) is 0 Å². The average molecular weight is 266 g/mol. The molecule has 1 aromatic carbocycles. The number of rotatable bonds is 3. The summed E-state index contributed by atoms with van der Waals surface area (Å²) in [5, 5.41) is 5.66. The van der Waals surface area contributed by atoms with E-state index in [1.807, 2.05) is 0 Å². The number of urea groups is 1. The molecule has 18 heavy (non-hydrogen) atoms. The van der Waals surface area contributed by atoms with Crippen LogP contribution in [-0.2, 0) is 6.54 Å². The van der Waals surface area contributed by atoms with Gasteiger partial charge >= 0.3 is 6.03 Å². The molecular weight excluding hydrogens is 255 g/mol. The Morgan fingerprint density at radius 1 is 1.39 bits per heavy atom. The van der Waals surface area contributed by atoms with Crippen LogP contribution in [0.3, 0.4) is 0 Å². The second-order valence-electron chi connectivity index (χ2n) is 3.58. The minimum atomic E-state index is -0.365. The predicted octanol–water partition coefficient (Wildman–Crippen LogP) is 2.31. The topological polar surface area (TPSA) is 66.9 Å². The van der Waals surface area contributed by atoms with Gasteiger partial charge in [-0.1, -0.05) is 12.1 Å². The van der Waals surface area contributed by atoms with Crippen molar-refractivity contribution < 1.29 is 9.18 Å². The Morgan fingerprint density at radius 2 is 2.11 bits per heavy atom. The molecule has 0 aliphatic carbocycles. The van der Waals surface area contributed by atoms with Crippen molar-refractivity contribution in [3.05, 3.63) is 41.5 Å². The smallest absolute Gasteiger partial charge is 0.321 e. The second-order valence-corrected chi connectivity index (χ2v) is 4.33. The number of aryl methyl sites for hydroxylation is 1. The standard InChI is InChI=1S/C11H11FN4OS/c1-7-14-11(18-16-7)15-10(17)13-6-8-2-4-9(12)5-3-8/h2-5H,6H2,1H3,(H2,13,14,15,16,17). The first-order valence-electron chi connectivity index (χ1n) is 5.23. The fourth-order valence-electron chi connectivity index (χ4n) is 1.27. The summed E-state index contributed by atoms with van der Waals surface area (Å²) >= 11 is 1.12. The van der Waals surface area contributed by atoms with E-state index < -0.39 is 0 Å². The Balaban J connectivity index is 1.83. The zero-order chi connectivity index (χ0) is 13.0. The van der Waals surface area contributed by atoms with Crippen LogP contribution in [0.2, 0.25) is 0 Å². The molecule has 7 heteroatoms. The monoisotopic (exact) mass is 266 g/mol. The lowest BCUT2D eigenvalue weighted by Crippen LogP contribution is -2.28. The van der Waals surface area contributed by atoms with Gasteiger partial charge in [-0.05, 0) is 24.6 Å². The molecule has 94 valence electrons. The van der Waals surface area contributed by atoms with Crippen molar-refractivity contribution in [2.24, 2.45) is 0 Å². The fourth-order valence-corrected chi connectivity index (χ4v) is 1.84. The largest absolute Gasteiger partial charge is 0.334 e. The van der Waals surface area contributed by atoms with E-state index >= 15 is 0 Å². The first-order valence-corrected chi connectivity index (χ1v) is 6.00. The summed E-state index contributed by atoms with van der Waals surface area (Å²) in [6.07, 6.45) is 0. The lowest BCUT2D eigenvalue weighted by Gasteiger charge is -2.05. The van der Waals surface area contributed by atoms with Crippen molar-refractivity contribution in [1.82, 2.24) is 14.7 Å². The SMILES string of the molecule is Cc1nsc(NC(=O)NCc2ccc(F)cc2)n1. The number of hydrogen-bond donors (Lipinski definition) is 2. The maximum Gasteiger partial charge on any atom is 0.321 e. The van der Waals surface area contributed by atoms with E-state index in [-0.39, 0.29) is 11.8 Å². The molecule has 0 radical (unpaired) electrons. The van der Waals surface area contributed by atoms with Crippen molar-refractivity contribution in [1.29, 1.82) is 0 Å². The molecular formula is C11H11FN4OS. The molecule has 0 saturated heterocycles. The van der Waals surface area contributed by atoms with Crippen LogP contribution in [0.15, 0.2) is 24.3 Å². The zero-order valence-corrected chi connectivity index (χ0v) is 10.4. The van der Waals surface area contributed by atoms with Gasteiger partial charge in [-0.15, -0.1) is 0 Å². The summed E-state index contributed by atoms with van der Waals surface area (Å²) in [5.41, 5.74) is 0.819. The number of benzene rings is 1. The van der Waals surface area contributed by atoms with Crippen LogP contribution >= 0.6 is 11.5 Å². The van der Waals surface area contributed by atoms with Gasteiger partial charge in [0, 0.05) is 18.1 Å². The van der Waals surface area contributed by atoms with Crippen molar-refractivity contribution in [3.8, 4) is 0 Å². The van der Waals surface area contributed by atoms with Crippen molar-refractivity contribution in [2.75, 3.05) is 5.32 Å². The first kappa shape index (κ1) is 12.4. The van der Waals surface area contributed by atoms with Gasteiger partial charge in [-0.25, -0.2) is 14.2 Å². The molecule has 0 aliphatic heterocycles. The maximum atomic E-state index is 12.7. The number of amides is 2. The summed E-state index contributed by atoms with van der Waals surface area (Å²) in [6, 6.07) is 5.57. The molecule has 0 unspecified atom stereocenters. The van der Waals surface area contributed by atoms with E-state index in [0.717, 1.165) is 17.1 Å². The quantitative estimate of drug-likeness (QED) is 0.895. The molecule has 5 nitrogen and oxygen atoms in total. The number of halogens is 1. The molecule has 2 aromatic rings. The Hall–Kier alpha value is -2.02. The molecule has 0 atom stereocenters. The number of anilines is 1. The third-order valence-corrected chi connectivity index (χ3v) is 2.84. The molecule has 0 fully saturated rings. The Kier molecular flexibility index (Phi) is 3.83. The molecule has 0 aliphatic rings. The van der Waals surface area contributed by atoms with Crippen LogP contribution in [0.4, 0.5) is 14.3 Å². The third-order valence-electron chi connectivity index (χ3n) is 2.11. The Labute approximate surface area is 107 Å². The highest BCUT2D eigenvalue weighted by Crippen LogP contribution is 2.09. The Bertz CT molecular complexity index is 540. The minimum Gasteiger partial charge on any atom is -0.334 e. The number of hydrogen-bond acceptors (Lipinski definition) is 4. The normalized spacial score (nSPS) is 10.1. The van der Waals surface area contributed by atoms with Crippen molar-refractivity contribution in [3.63, 3.8) is 0 Å². The third kappa shape index (κ3) is 3.49. The molecule has 2 amide bonds. The van der Waals surface area contributed by atoms with Crippen LogP contribution in [0, 0.1) is 12.7 Å². The van der Waals surface area contributed by atoms with E-state index in [2.05, 4.69) is 20.0 Å². The van der Waals surface area contributed by atoms with Crippen molar-refractivity contribution in [2.45, 2.75) is 13.5 Å². The molecule has 0 spiro atoms. The van der Waals surface area contributed by atoms with Gasteiger partial charge in [0.05, 0.1) is 0 Å². The Morgan fingerprint density at radius 3 is 2.72 bits per heavy atom. The highest BCUT2D eigenvalue weighted by Gasteiger charge is 2.05. The highest BCUT2D eigenvalue weighted by molar-refractivity contribution is 7.09. The fraction of sp³-hybridized carbons (Fsp3) is 0.182. The van der Waals surface area contributed by atoms with E-state index in [0.29, 0.717) is 17.5 Å². The number of carbonyl (C=O) groups is 1. The van der Waals surface area contributed by atoms with Gasteiger partial charge in [0.2, 0.25) is 5.13 Å². The van der Waals surface area contributed by atoms with Gasteiger partial charge in [0.15, 0.2) is 0 Å². The van der Waals surface area contributed by atoms with Crippen LogP contribution in [-0.4, -0.2) is 15.4 Å². The van der Waals surface area contributed by atoms with Gasteiger partial charge in [0.25, 0.3) is 0 Å². The minimum absolute atomic E-state index is 0.299. The highest BCUT2D eigenvalue weighted by atomic mass is 32.1. The summed E-state index contributed by atoms with van der Waals surface area (Å²) in [4.78, 5) is 15.5. The molecule has 0 bridgehead atoms. The van der Waals surface area contributed by atoms with Gasteiger partial charge in [-0.3, -0.25) is 5.32 Å². The van der Waals surface area contributed by atoms with E-state index in [1.54, 1.807) is 19.1 Å². The van der Waals surface area contributed by atoms with Gasteiger partial charge in [-0.2, -0.15) is 4.37 Å². The van der Waals surface area contributed by atoms with E-state index in [1.165, 1.54) is 12.1 Å². The maximum absolute atomic E-state index is 12.7. The summed E-state index contributed by atoms with van der Waals surface area (Å²) in [7, 11) is 0. The van der Waals surface area contributed by atoms with Crippen LogP contribution in [0.25, 0.3) is 0 Å². The number of nitrogens with zero attached hydrogens (tertiary/aromatic N) is 2. The summed E-state index contributed by atoms with van der Waals surface area (Å²) < 4.78 is 16.6. The van der Waals surface area contributed by atoms with Crippen molar-refractivity contribution >= 4 is 22.7 Å². The molecule has 1 heterocycles. The molecule has 2 N–H and O–H groups in total. The second kappa shape index (κ2) is 5.54. The van der Waals surface area contributed by atoms with Crippen LogP contribution < -0.4 is 10.6 Å². The van der Waals surface area contributed by atoms with E-state index in [4.69, 9.17) is 0 Å².